The molecule has 0 bridgehead atoms. The van der Waals surface area contributed by atoms with Gasteiger partial charge >= 0.3 is 5.97 Å². The van der Waals surface area contributed by atoms with Crippen molar-refractivity contribution < 1.29 is 29.4 Å². The Kier molecular flexibility index (Phi) is 10.4. The minimum absolute atomic E-state index is 0.248. The van der Waals surface area contributed by atoms with Gasteiger partial charge in [-0.1, -0.05) is 52.3 Å². The van der Waals surface area contributed by atoms with Crippen molar-refractivity contribution in [1.82, 2.24) is 20.9 Å². The number of aliphatic hydroxyl groups is 1. The summed E-state index contributed by atoms with van der Waals surface area (Å²) >= 11 is 0. The third-order valence-corrected chi connectivity index (χ3v) is 6.29. The van der Waals surface area contributed by atoms with Gasteiger partial charge in [-0.3, -0.25) is 14.4 Å². The van der Waals surface area contributed by atoms with Gasteiger partial charge in [0.2, 0.25) is 17.7 Å². The molecule has 36 heavy (non-hydrogen) atoms. The van der Waals surface area contributed by atoms with Gasteiger partial charge in [0.05, 0.1) is 12.6 Å². The maximum atomic E-state index is 13.0. The first kappa shape index (κ1) is 28.8. The number of amides is 3. The Morgan fingerprint density at radius 1 is 0.972 bits per heavy atom. The van der Waals surface area contributed by atoms with Crippen LogP contribution < -0.4 is 21.7 Å². The van der Waals surface area contributed by atoms with Gasteiger partial charge in [-0.25, -0.2) is 4.79 Å². The summed E-state index contributed by atoms with van der Waals surface area (Å²) in [6.07, 6.45) is 2.58. The highest BCUT2D eigenvalue weighted by Crippen LogP contribution is 2.19. The van der Waals surface area contributed by atoms with Crippen LogP contribution in [0, 0.1) is 11.8 Å². The number of nitrogens with two attached hydrogens (primary N) is 1. The highest BCUT2D eigenvalue weighted by Gasteiger charge is 2.33. The van der Waals surface area contributed by atoms with E-state index in [-0.39, 0.29) is 12.3 Å². The largest absolute Gasteiger partial charge is 0.480 e. The SMILES string of the molecule is CCC(C)C(NC(=O)C(N)Cc1c[nH]c2ccccc12)C(=O)NC(CO)C(=O)NC(C(=O)O)C(C)C. The van der Waals surface area contributed by atoms with E-state index in [2.05, 4.69) is 20.9 Å². The number of fused-ring (bicyclic) bond motifs is 1. The van der Waals surface area contributed by atoms with Crippen molar-refractivity contribution in [1.29, 1.82) is 0 Å². The molecule has 1 aromatic heterocycles. The molecule has 2 aromatic rings. The predicted octanol–water partition coefficient (Wildman–Crippen LogP) is 0.271. The minimum Gasteiger partial charge on any atom is -0.480 e. The number of nitrogens with one attached hydrogen (secondary N) is 4. The van der Waals surface area contributed by atoms with E-state index in [0.29, 0.717) is 6.42 Å². The Morgan fingerprint density at radius 3 is 2.19 bits per heavy atom. The number of carbonyl (C=O) groups excluding carboxylic acids is 3. The highest BCUT2D eigenvalue weighted by molar-refractivity contribution is 5.94. The lowest BCUT2D eigenvalue weighted by atomic mass is 9.97. The molecule has 0 aliphatic carbocycles. The maximum Gasteiger partial charge on any atom is 0.326 e. The molecule has 2 rings (SSSR count). The average molecular weight is 504 g/mol. The Morgan fingerprint density at radius 2 is 1.61 bits per heavy atom. The maximum absolute atomic E-state index is 13.0. The molecule has 0 saturated carbocycles. The van der Waals surface area contributed by atoms with Crippen LogP contribution in [0.3, 0.4) is 0 Å². The van der Waals surface area contributed by atoms with Gasteiger partial charge in [0.25, 0.3) is 0 Å². The molecule has 198 valence electrons. The Labute approximate surface area is 210 Å². The summed E-state index contributed by atoms with van der Waals surface area (Å²) in [5, 5.41) is 27.4. The van der Waals surface area contributed by atoms with Gasteiger partial charge in [-0.2, -0.15) is 0 Å². The van der Waals surface area contributed by atoms with E-state index in [1.807, 2.05) is 31.2 Å². The number of H-pyrrole nitrogens is 1. The van der Waals surface area contributed by atoms with Crippen LogP contribution in [-0.4, -0.2) is 69.7 Å². The number of aromatic nitrogens is 1. The molecule has 0 aliphatic heterocycles. The van der Waals surface area contributed by atoms with Gasteiger partial charge in [-0.15, -0.1) is 0 Å². The molecule has 8 N–H and O–H groups in total. The first-order valence-electron chi connectivity index (χ1n) is 12.0. The predicted molar refractivity (Wildman–Crippen MR) is 135 cm³/mol. The Hall–Kier alpha value is -3.44. The molecular weight excluding hydrogens is 466 g/mol. The number of hydrogen-bond acceptors (Lipinski definition) is 6. The number of carbonyl (C=O) groups is 4. The van der Waals surface area contributed by atoms with Gasteiger partial charge in [-0.05, 0) is 29.9 Å². The number of carboxylic acids is 1. The van der Waals surface area contributed by atoms with Crippen molar-refractivity contribution in [2.45, 2.75) is 64.7 Å². The smallest absolute Gasteiger partial charge is 0.326 e. The third kappa shape index (κ3) is 7.28. The fourth-order valence-electron chi connectivity index (χ4n) is 3.82. The first-order valence-corrected chi connectivity index (χ1v) is 12.0. The molecule has 1 aromatic carbocycles. The zero-order valence-electron chi connectivity index (χ0n) is 21.1. The standard InChI is InChI=1S/C25H37N5O6/c1-5-14(4)21(24(34)28-19(12-31)23(33)29-20(13(2)3)25(35)36)30-22(32)17(26)10-15-11-27-18-9-7-6-8-16(15)18/h6-9,11,13-14,17,19-21,27,31H,5,10,12,26H2,1-4H3,(H,28,34)(H,29,33)(H,30,32)(H,35,36). The van der Waals surface area contributed by atoms with Crippen LogP contribution in [0.15, 0.2) is 30.5 Å². The molecule has 5 atom stereocenters. The lowest BCUT2D eigenvalue weighted by molar-refractivity contribution is -0.144. The summed E-state index contributed by atoms with van der Waals surface area (Å²) in [5.41, 5.74) is 7.95. The number of benzene rings is 1. The summed E-state index contributed by atoms with van der Waals surface area (Å²) in [5.74, 6) is -3.99. The molecule has 3 amide bonds. The van der Waals surface area contributed by atoms with Crippen molar-refractivity contribution in [2.24, 2.45) is 17.6 Å². The van der Waals surface area contributed by atoms with Crippen molar-refractivity contribution in [3.05, 3.63) is 36.0 Å². The molecule has 5 unspecified atom stereocenters. The molecular formula is C25H37N5O6. The van der Waals surface area contributed by atoms with Crippen molar-refractivity contribution >= 4 is 34.6 Å². The van der Waals surface area contributed by atoms with Crippen LogP contribution in [0.25, 0.3) is 10.9 Å². The molecule has 0 radical (unpaired) electrons. The van der Waals surface area contributed by atoms with E-state index < -0.39 is 60.4 Å². The average Bonchev–Trinajstić information content (AvgIpc) is 3.25. The second-order valence-electron chi connectivity index (χ2n) is 9.35. The van der Waals surface area contributed by atoms with Gasteiger partial charge in [0, 0.05) is 17.1 Å². The van der Waals surface area contributed by atoms with Crippen LogP contribution in [-0.2, 0) is 25.6 Å². The van der Waals surface area contributed by atoms with Crippen LogP contribution in [0.1, 0.15) is 39.7 Å². The van der Waals surface area contributed by atoms with Crippen LogP contribution in [0.2, 0.25) is 0 Å². The van der Waals surface area contributed by atoms with Crippen molar-refractivity contribution in [2.75, 3.05) is 6.61 Å². The number of aliphatic carboxylic acids is 1. The van der Waals surface area contributed by atoms with Crippen LogP contribution in [0.4, 0.5) is 0 Å². The molecule has 11 heteroatoms. The van der Waals surface area contributed by atoms with Gasteiger partial charge in [0.15, 0.2) is 0 Å². The zero-order valence-corrected chi connectivity index (χ0v) is 21.1. The molecule has 11 nitrogen and oxygen atoms in total. The Balaban J connectivity index is 2.08. The quantitative estimate of drug-likeness (QED) is 0.204. The van der Waals surface area contributed by atoms with E-state index in [4.69, 9.17) is 5.73 Å². The molecule has 0 spiro atoms. The summed E-state index contributed by atoms with van der Waals surface area (Å²) < 4.78 is 0. The van der Waals surface area contributed by atoms with Gasteiger partial charge < -0.3 is 36.9 Å². The minimum atomic E-state index is -1.39. The second-order valence-corrected chi connectivity index (χ2v) is 9.35. The molecule has 0 fully saturated rings. The third-order valence-electron chi connectivity index (χ3n) is 6.29. The normalized spacial score (nSPS) is 15.5. The first-order chi connectivity index (χ1) is 17.0. The number of aromatic amines is 1. The van der Waals surface area contributed by atoms with Crippen molar-refractivity contribution in [3.63, 3.8) is 0 Å². The fourth-order valence-corrected chi connectivity index (χ4v) is 3.82. The molecule has 0 saturated heterocycles. The number of hydrogen-bond donors (Lipinski definition) is 7. The summed E-state index contributed by atoms with van der Waals surface area (Å²) in [6, 6.07) is 3.12. The highest BCUT2D eigenvalue weighted by atomic mass is 16.4. The molecule has 1 heterocycles. The number of rotatable bonds is 13. The van der Waals surface area contributed by atoms with Crippen molar-refractivity contribution in [3.8, 4) is 0 Å². The van der Waals surface area contributed by atoms with E-state index >= 15 is 0 Å². The summed E-state index contributed by atoms with van der Waals surface area (Å²) in [6.45, 7) is 6.12. The fraction of sp³-hybridized carbons (Fsp3) is 0.520. The monoisotopic (exact) mass is 503 g/mol. The van der Waals surface area contributed by atoms with Crippen LogP contribution in [0.5, 0.6) is 0 Å². The number of carboxylic acid groups (broad SMARTS) is 1. The summed E-state index contributed by atoms with van der Waals surface area (Å²) in [4.78, 5) is 53.0. The van der Waals surface area contributed by atoms with E-state index in [1.165, 1.54) is 0 Å². The summed E-state index contributed by atoms with van der Waals surface area (Å²) in [7, 11) is 0. The van der Waals surface area contributed by atoms with Gasteiger partial charge in [0.1, 0.15) is 18.1 Å². The number of aliphatic hydroxyl groups excluding tert-OH is 1. The molecule has 0 aliphatic rings. The second kappa shape index (κ2) is 13.0. The lowest BCUT2D eigenvalue weighted by Crippen LogP contribution is -2.60. The van der Waals surface area contributed by atoms with Crippen LogP contribution >= 0.6 is 0 Å². The zero-order chi connectivity index (χ0) is 27.0. The van der Waals surface area contributed by atoms with E-state index in [9.17, 15) is 29.4 Å². The van der Waals surface area contributed by atoms with E-state index in [0.717, 1.165) is 16.5 Å². The lowest BCUT2D eigenvalue weighted by Gasteiger charge is -2.27. The Bertz CT molecular complexity index is 1070. The van der Waals surface area contributed by atoms with E-state index in [1.54, 1.807) is 27.0 Å². The topological polar surface area (TPSA) is 187 Å². The number of para-hydroxylation sites is 1.